The van der Waals surface area contributed by atoms with Crippen LogP contribution >= 0.6 is 0 Å². The van der Waals surface area contributed by atoms with E-state index in [0.29, 0.717) is 6.42 Å². The second-order valence-corrected chi connectivity index (χ2v) is 7.65. The first-order valence-electron chi connectivity index (χ1n) is 8.71. The molecule has 0 fully saturated rings. The maximum atomic E-state index is 12.2. The Hall–Kier alpha value is -2.09. The molecule has 0 unspecified atom stereocenters. The number of benzene rings is 2. The SMILES string of the molecule is Cc1ccc(CCC(=O)N[C@@H](C)c2ccc(C(C)(C)C)cc2)cc1. The summed E-state index contributed by atoms with van der Waals surface area (Å²) in [6, 6.07) is 16.9. The molecule has 2 heteroatoms. The third kappa shape index (κ3) is 5.23. The molecule has 0 heterocycles. The van der Waals surface area contributed by atoms with E-state index in [2.05, 4.69) is 81.5 Å². The minimum absolute atomic E-state index is 0.0320. The Labute approximate surface area is 146 Å². The average Bonchev–Trinajstić information content (AvgIpc) is 2.53. The molecule has 0 radical (unpaired) electrons. The summed E-state index contributed by atoms with van der Waals surface area (Å²) in [6.07, 6.45) is 1.30. The van der Waals surface area contributed by atoms with Crippen molar-refractivity contribution in [2.75, 3.05) is 0 Å². The Balaban J connectivity index is 1.88. The fraction of sp³-hybridized carbons (Fsp3) is 0.409. The van der Waals surface area contributed by atoms with Crippen LogP contribution in [0.15, 0.2) is 48.5 Å². The van der Waals surface area contributed by atoms with Crippen molar-refractivity contribution in [1.29, 1.82) is 0 Å². The third-order valence-electron chi connectivity index (χ3n) is 4.42. The molecule has 2 nitrogen and oxygen atoms in total. The molecule has 2 aromatic rings. The van der Waals surface area contributed by atoms with E-state index in [0.717, 1.165) is 12.0 Å². The van der Waals surface area contributed by atoms with Gasteiger partial charge in [-0.2, -0.15) is 0 Å². The highest BCUT2D eigenvalue weighted by atomic mass is 16.1. The molecule has 0 aliphatic carbocycles. The minimum atomic E-state index is 0.0320. The number of rotatable bonds is 5. The fourth-order valence-electron chi connectivity index (χ4n) is 2.68. The first-order chi connectivity index (χ1) is 11.3. The van der Waals surface area contributed by atoms with E-state index >= 15 is 0 Å². The van der Waals surface area contributed by atoms with E-state index < -0.39 is 0 Å². The van der Waals surface area contributed by atoms with Gasteiger partial charge in [-0.3, -0.25) is 4.79 Å². The summed E-state index contributed by atoms with van der Waals surface area (Å²) in [4.78, 5) is 12.2. The Morgan fingerprint density at radius 2 is 1.58 bits per heavy atom. The van der Waals surface area contributed by atoms with Crippen molar-refractivity contribution in [2.24, 2.45) is 0 Å². The van der Waals surface area contributed by atoms with Crippen LogP contribution in [-0.2, 0) is 16.6 Å². The lowest BCUT2D eigenvalue weighted by Crippen LogP contribution is -2.26. The summed E-state index contributed by atoms with van der Waals surface area (Å²) in [5.41, 5.74) is 5.06. The summed E-state index contributed by atoms with van der Waals surface area (Å²) >= 11 is 0. The predicted molar refractivity (Wildman–Crippen MR) is 101 cm³/mol. The van der Waals surface area contributed by atoms with Gasteiger partial charge in [0.05, 0.1) is 6.04 Å². The molecule has 24 heavy (non-hydrogen) atoms. The van der Waals surface area contributed by atoms with Gasteiger partial charge in [-0.05, 0) is 42.4 Å². The molecule has 2 rings (SSSR count). The molecule has 128 valence electrons. The van der Waals surface area contributed by atoms with Crippen molar-refractivity contribution in [3.63, 3.8) is 0 Å². The van der Waals surface area contributed by atoms with Crippen LogP contribution in [0, 0.1) is 6.92 Å². The van der Waals surface area contributed by atoms with Crippen molar-refractivity contribution < 1.29 is 4.79 Å². The highest BCUT2D eigenvalue weighted by Gasteiger charge is 2.15. The average molecular weight is 323 g/mol. The molecule has 1 atom stereocenters. The Kier molecular flexibility index (Phi) is 5.82. The summed E-state index contributed by atoms with van der Waals surface area (Å²) in [7, 11) is 0. The van der Waals surface area contributed by atoms with Crippen LogP contribution in [0.4, 0.5) is 0 Å². The van der Waals surface area contributed by atoms with Crippen LogP contribution in [0.25, 0.3) is 0 Å². The van der Waals surface area contributed by atoms with Gasteiger partial charge in [0.15, 0.2) is 0 Å². The van der Waals surface area contributed by atoms with E-state index in [1.807, 2.05) is 6.92 Å². The van der Waals surface area contributed by atoms with Crippen LogP contribution in [0.1, 0.15) is 62.4 Å². The summed E-state index contributed by atoms with van der Waals surface area (Å²) in [5.74, 6) is 0.1000. The normalized spacial score (nSPS) is 12.7. The van der Waals surface area contributed by atoms with Crippen LogP contribution in [0.3, 0.4) is 0 Å². The van der Waals surface area contributed by atoms with Gasteiger partial charge in [0, 0.05) is 6.42 Å². The summed E-state index contributed by atoms with van der Waals surface area (Å²) < 4.78 is 0. The molecule has 2 aromatic carbocycles. The van der Waals surface area contributed by atoms with Gasteiger partial charge < -0.3 is 5.32 Å². The maximum absolute atomic E-state index is 12.2. The van der Waals surface area contributed by atoms with E-state index in [1.54, 1.807) is 0 Å². The molecule has 0 saturated heterocycles. The van der Waals surface area contributed by atoms with Crippen molar-refractivity contribution in [3.8, 4) is 0 Å². The number of aryl methyl sites for hydroxylation is 2. The second kappa shape index (κ2) is 7.65. The molecular formula is C22H29NO. The molecular weight excluding hydrogens is 294 g/mol. The first kappa shape index (κ1) is 18.3. The van der Waals surface area contributed by atoms with Crippen molar-refractivity contribution in [2.45, 2.75) is 58.9 Å². The lowest BCUT2D eigenvalue weighted by molar-refractivity contribution is -0.121. The number of hydrogen-bond acceptors (Lipinski definition) is 1. The lowest BCUT2D eigenvalue weighted by Gasteiger charge is -2.20. The highest BCUT2D eigenvalue weighted by molar-refractivity contribution is 5.76. The minimum Gasteiger partial charge on any atom is -0.350 e. The van der Waals surface area contributed by atoms with Crippen molar-refractivity contribution in [1.82, 2.24) is 5.32 Å². The highest BCUT2D eigenvalue weighted by Crippen LogP contribution is 2.24. The largest absolute Gasteiger partial charge is 0.350 e. The van der Waals surface area contributed by atoms with Crippen molar-refractivity contribution >= 4 is 5.91 Å². The lowest BCUT2D eigenvalue weighted by atomic mass is 9.86. The van der Waals surface area contributed by atoms with E-state index in [9.17, 15) is 4.79 Å². The molecule has 0 aromatic heterocycles. The van der Waals surface area contributed by atoms with E-state index in [1.165, 1.54) is 16.7 Å². The Bertz CT molecular complexity index is 663. The summed E-state index contributed by atoms with van der Waals surface area (Å²) in [5, 5.41) is 3.10. The van der Waals surface area contributed by atoms with Gasteiger partial charge in [0.2, 0.25) is 5.91 Å². The number of carbonyl (C=O) groups is 1. The van der Waals surface area contributed by atoms with Gasteiger partial charge in [0.25, 0.3) is 0 Å². The van der Waals surface area contributed by atoms with Crippen LogP contribution in [0.2, 0.25) is 0 Å². The van der Waals surface area contributed by atoms with Crippen LogP contribution in [-0.4, -0.2) is 5.91 Å². The zero-order valence-corrected chi connectivity index (χ0v) is 15.5. The molecule has 1 amide bonds. The van der Waals surface area contributed by atoms with Gasteiger partial charge in [-0.1, -0.05) is 74.9 Å². The van der Waals surface area contributed by atoms with E-state index in [4.69, 9.17) is 0 Å². The molecule has 0 aliphatic heterocycles. The number of nitrogens with one attached hydrogen (secondary N) is 1. The molecule has 0 spiro atoms. The van der Waals surface area contributed by atoms with Gasteiger partial charge in [-0.25, -0.2) is 0 Å². The summed E-state index contributed by atoms with van der Waals surface area (Å²) in [6.45, 7) is 10.7. The Morgan fingerprint density at radius 3 is 2.12 bits per heavy atom. The quantitative estimate of drug-likeness (QED) is 0.814. The second-order valence-electron chi connectivity index (χ2n) is 7.65. The third-order valence-corrected chi connectivity index (χ3v) is 4.42. The van der Waals surface area contributed by atoms with Gasteiger partial charge >= 0.3 is 0 Å². The molecule has 1 N–H and O–H groups in total. The van der Waals surface area contributed by atoms with Crippen LogP contribution < -0.4 is 5.32 Å². The number of hydrogen-bond donors (Lipinski definition) is 1. The standard InChI is InChI=1S/C22H29NO/c1-16-6-8-18(9-7-16)10-15-21(24)23-17(2)19-11-13-20(14-12-19)22(3,4)5/h6-9,11-14,17H,10,15H2,1-5H3,(H,23,24)/t17-/m0/s1. The monoisotopic (exact) mass is 323 g/mol. The number of carbonyl (C=O) groups excluding carboxylic acids is 1. The van der Waals surface area contributed by atoms with Crippen LogP contribution in [0.5, 0.6) is 0 Å². The smallest absolute Gasteiger partial charge is 0.220 e. The molecule has 0 saturated carbocycles. The topological polar surface area (TPSA) is 29.1 Å². The maximum Gasteiger partial charge on any atom is 0.220 e. The molecule has 0 bridgehead atoms. The predicted octanol–water partition coefficient (Wildman–Crippen LogP) is 5.10. The van der Waals surface area contributed by atoms with Gasteiger partial charge in [0.1, 0.15) is 0 Å². The number of amides is 1. The van der Waals surface area contributed by atoms with Gasteiger partial charge in [-0.15, -0.1) is 0 Å². The fourth-order valence-corrected chi connectivity index (χ4v) is 2.68. The van der Waals surface area contributed by atoms with E-state index in [-0.39, 0.29) is 17.4 Å². The van der Waals surface area contributed by atoms with Crippen molar-refractivity contribution in [3.05, 3.63) is 70.8 Å². The Morgan fingerprint density at radius 1 is 1.00 bits per heavy atom. The zero-order chi connectivity index (χ0) is 17.7. The first-order valence-corrected chi connectivity index (χ1v) is 8.71. The zero-order valence-electron chi connectivity index (χ0n) is 15.5. The molecule has 0 aliphatic rings.